The number of piperidine rings is 1. The number of nitrogens with zero attached hydrogens (tertiary/aromatic N) is 6. The second-order valence-corrected chi connectivity index (χ2v) is 13.2. The van der Waals surface area contributed by atoms with E-state index in [1.165, 1.54) is 12.5 Å². The van der Waals surface area contributed by atoms with E-state index in [4.69, 9.17) is 4.74 Å². The highest BCUT2D eigenvalue weighted by Crippen LogP contribution is 2.36. The first-order valence-electron chi connectivity index (χ1n) is 13.3. The molecule has 1 unspecified atom stereocenters. The Bertz CT molecular complexity index is 1540. The number of benzene rings is 1. The lowest BCUT2D eigenvalue weighted by atomic mass is 9.98. The van der Waals surface area contributed by atoms with Gasteiger partial charge in [-0.2, -0.15) is 5.10 Å². The summed E-state index contributed by atoms with van der Waals surface area (Å²) in [5.41, 5.74) is 2.99. The number of fused-ring (bicyclic) bond motifs is 1. The maximum absolute atomic E-state index is 13.7. The van der Waals surface area contributed by atoms with Crippen molar-refractivity contribution >= 4 is 45.4 Å². The zero-order valence-electron chi connectivity index (χ0n) is 23.4. The first-order valence-corrected chi connectivity index (χ1v) is 14.4. The normalized spacial score (nSPS) is 15.3. The van der Waals surface area contributed by atoms with E-state index in [-0.39, 0.29) is 0 Å². The van der Waals surface area contributed by atoms with Crippen LogP contribution in [0.15, 0.2) is 35.7 Å². The zero-order valence-corrected chi connectivity index (χ0v) is 24.2. The minimum atomic E-state index is -1.34. The summed E-state index contributed by atoms with van der Waals surface area (Å²) >= 11 is 0. The van der Waals surface area contributed by atoms with Crippen LogP contribution in [0, 0.1) is 19.8 Å². The molecule has 1 aliphatic rings. The van der Waals surface area contributed by atoms with Gasteiger partial charge in [0.1, 0.15) is 29.4 Å². The molecule has 0 spiro atoms. The fourth-order valence-electron chi connectivity index (χ4n) is 4.56. The Morgan fingerprint density at radius 2 is 1.88 bits per heavy atom. The maximum Gasteiger partial charge on any atom is 0.170 e. The number of hydrogen-bond donors (Lipinski definition) is 2. The van der Waals surface area contributed by atoms with E-state index in [1.54, 1.807) is 6.20 Å². The molecule has 40 heavy (non-hydrogen) atoms. The predicted octanol–water partition coefficient (Wildman–Crippen LogP) is 4.52. The molecule has 4 heterocycles. The summed E-state index contributed by atoms with van der Waals surface area (Å²) in [4.78, 5) is 31.1. The number of hydrogen-bond acceptors (Lipinski definition) is 10. The van der Waals surface area contributed by atoms with Crippen molar-refractivity contribution in [3.8, 4) is 5.75 Å². The van der Waals surface area contributed by atoms with Gasteiger partial charge in [0.25, 0.3) is 0 Å². The second-order valence-electron chi connectivity index (χ2n) is 11.0. The summed E-state index contributed by atoms with van der Waals surface area (Å²) in [5, 5.41) is 11.4. The summed E-state index contributed by atoms with van der Waals surface area (Å²) in [5.74, 6) is 2.96. The van der Waals surface area contributed by atoms with Gasteiger partial charge in [0.15, 0.2) is 12.1 Å². The largest absolute Gasteiger partial charge is 0.492 e. The van der Waals surface area contributed by atoms with Crippen LogP contribution in [0.2, 0.25) is 0 Å². The molecule has 1 aromatic carbocycles. The van der Waals surface area contributed by atoms with Gasteiger partial charge in [0.05, 0.1) is 40.2 Å². The molecule has 1 aliphatic heterocycles. The highest BCUT2D eigenvalue weighted by Gasteiger charge is 2.27. The average molecular weight is 563 g/mol. The minimum absolute atomic E-state index is 0.324. The number of rotatable bonds is 8. The first kappa shape index (κ1) is 27.6. The Balaban J connectivity index is 1.36. The Labute approximate surface area is 235 Å². The molecule has 0 aliphatic carbocycles. The van der Waals surface area contributed by atoms with Gasteiger partial charge in [0, 0.05) is 40.5 Å². The van der Waals surface area contributed by atoms with E-state index in [0.29, 0.717) is 52.3 Å². The van der Waals surface area contributed by atoms with Gasteiger partial charge < -0.3 is 15.0 Å². The van der Waals surface area contributed by atoms with E-state index in [0.717, 1.165) is 48.4 Å². The van der Waals surface area contributed by atoms with Crippen LogP contribution in [0.1, 0.15) is 55.4 Å². The lowest BCUT2D eigenvalue weighted by Crippen LogP contribution is -2.36. The van der Waals surface area contributed by atoms with Crippen LogP contribution >= 0.6 is 0 Å². The van der Waals surface area contributed by atoms with Crippen molar-refractivity contribution in [1.82, 2.24) is 30.1 Å². The van der Waals surface area contributed by atoms with E-state index in [1.807, 2.05) is 46.8 Å². The third-order valence-electron chi connectivity index (χ3n) is 7.14. The molecule has 2 N–H and O–H groups in total. The fraction of sp³-hybridized carbons (Fsp3) is 0.429. The quantitative estimate of drug-likeness (QED) is 0.295. The smallest absolute Gasteiger partial charge is 0.170 e. The lowest BCUT2D eigenvalue weighted by molar-refractivity contribution is 0.111. The third-order valence-corrected chi connectivity index (χ3v) is 8.97. The van der Waals surface area contributed by atoms with Crippen LogP contribution in [-0.4, -0.2) is 65.1 Å². The van der Waals surface area contributed by atoms with E-state index < -0.39 is 15.5 Å². The van der Waals surface area contributed by atoms with E-state index >= 15 is 0 Å². The minimum Gasteiger partial charge on any atom is -0.492 e. The van der Waals surface area contributed by atoms with Crippen molar-refractivity contribution in [3.63, 3.8) is 0 Å². The van der Waals surface area contributed by atoms with Crippen LogP contribution in [0.4, 0.5) is 17.5 Å². The molecule has 12 heteroatoms. The topological polar surface area (TPSA) is 139 Å². The number of nitrogens with one attached hydrogen (secondary N) is 2. The highest BCUT2D eigenvalue weighted by atomic mass is 32.2. The van der Waals surface area contributed by atoms with Gasteiger partial charge in [-0.25, -0.2) is 19.9 Å². The molecule has 0 amide bonds. The van der Waals surface area contributed by atoms with Crippen molar-refractivity contribution in [2.45, 2.75) is 57.1 Å². The number of aromatic amines is 1. The SMILES string of the molecule is Cc1[nH]nc(Nc2ncnc3cc(OCC4CCN(c5cnc(C=O)cn5)CC4)c(S(=O)C(C)(C)C)cc23)c1C. The number of aromatic nitrogens is 6. The Morgan fingerprint density at radius 3 is 2.50 bits per heavy atom. The molecule has 3 aromatic heterocycles. The highest BCUT2D eigenvalue weighted by molar-refractivity contribution is 7.86. The molecule has 1 saturated heterocycles. The van der Waals surface area contributed by atoms with Crippen molar-refractivity contribution in [2.75, 3.05) is 29.9 Å². The number of carbonyl (C=O) groups excluding carboxylic acids is 1. The van der Waals surface area contributed by atoms with Crippen LogP contribution in [-0.2, 0) is 10.8 Å². The Morgan fingerprint density at radius 1 is 1.10 bits per heavy atom. The summed E-state index contributed by atoms with van der Waals surface area (Å²) in [7, 11) is -1.34. The van der Waals surface area contributed by atoms with Gasteiger partial charge in [0.2, 0.25) is 0 Å². The Kier molecular flexibility index (Phi) is 7.79. The van der Waals surface area contributed by atoms with Crippen molar-refractivity contribution in [3.05, 3.63) is 47.8 Å². The number of carbonyl (C=O) groups is 1. The molecular formula is C28H34N8O3S. The molecule has 0 radical (unpaired) electrons. The van der Waals surface area contributed by atoms with E-state index in [2.05, 4.69) is 40.3 Å². The summed E-state index contributed by atoms with van der Waals surface area (Å²) in [6.07, 6.45) is 7.17. The van der Waals surface area contributed by atoms with Gasteiger partial charge in [-0.15, -0.1) is 0 Å². The summed E-state index contributed by atoms with van der Waals surface area (Å²) < 4.78 is 19.6. The first-order chi connectivity index (χ1) is 19.1. The fourth-order valence-corrected chi connectivity index (χ4v) is 5.75. The monoisotopic (exact) mass is 562 g/mol. The molecule has 1 atom stereocenters. The van der Waals surface area contributed by atoms with Crippen LogP contribution in [0.25, 0.3) is 10.9 Å². The molecule has 210 valence electrons. The third kappa shape index (κ3) is 5.81. The molecule has 4 aromatic rings. The average Bonchev–Trinajstić information content (AvgIpc) is 3.27. The number of aryl methyl sites for hydroxylation is 1. The molecule has 1 fully saturated rings. The number of H-pyrrole nitrogens is 1. The second kappa shape index (κ2) is 11.3. The summed E-state index contributed by atoms with van der Waals surface area (Å²) in [6, 6.07) is 3.75. The number of ether oxygens (including phenoxy) is 1. The maximum atomic E-state index is 13.7. The lowest BCUT2D eigenvalue weighted by Gasteiger charge is -2.32. The number of anilines is 3. The predicted molar refractivity (Wildman–Crippen MR) is 155 cm³/mol. The molecule has 5 rings (SSSR count). The van der Waals surface area contributed by atoms with Crippen molar-refractivity contribution < 1.29 is 13.7 Å². The van der Waals surface area contributed by atoms with Crippen LogP contribution in [0.5, 0.6) is 5.75 Å². The number of aldehydes is 1. The van der Waals surface area contributed by atoms with Gasteiger partial charge in [-0.05, 0) is 59.4 Å². The Hall–Kier alpha value is -3.93. The van der Waals surface area contributed by atoms with Crippen LogP contribution < -0.4 is 15.0 Å². The molecule has 0 bridgehead atoms. The molecule has 0 saturated carbocycles. The van der Waals surface area contributed by atoms with Gasteiger partial charge in [-0.1, -0.05) is 0 Å². The van der Waals surface area contributed by atoms with Crippen LogP contribution in [0.3, 0.4) is 0 Å². The standard InChI is InChI=1S/C28H34N8O3S/c1-17-18(2)34-35-26(17)33-27-21-10-24(40(38)28(3,4)5)23(11-22(21)31-16-32-27)39-15-19-6-8-36(9-7-19)25-13-29-20(14-37)12-30-25/h10-14,16,19H,6-9,15H2,1-5H3,(H2,31,32,33,34,35). The van der Waals surface area contributed by atoms with Crippen molar-refractivity contribution in [2.24, 2.45) is 5.92 Å². The van der Waals surface area contributed by atoms with E-state index in [9.17, 15) is 9.00 Å². The molecular weight excluding hydrogens is 528 g/mol. The van der Waals surface area contributed by atoms with Crippen molar-refractivity contribution in [1.29, 1.82) is 0 Å². The van der Waals surface area contributed by atoms with Gasteiger partial charge in [-0.3, -0.25) is 14.1 Å². The molecule has 11 nitrogen and oxygen atoms in total. The van der Waals surface area contributed by atoms with Gasteiger partial charge >= 0.3 is 0 Å². The zero-order chi connectivity index (χ0) is 28.4. The summed E-state index contributed by atoms with van der Waals surface area (Å²) in [6.45, 7) is 11.9.